The van der Waals surface area contributed by atoms with Crippen LogP contribution >= 0.6 is 11.8 Å². The number of aromatic nitrogens is 1. The van der Waals surface area contributed by atoms with Gasteiger partial charge < -0.3 is 31.4 Å². The highest BCUT2D eigenvalue weighted by atomic mass is 32.2. The van der Waals surface area contributed by atoms with E-state index in [2.05, 4.69) is 26.3 Å². The molecular formula is C24H33N5O5S. The number of rotatable bonds is 12. The first-order chi connectivity index (χ1) is 16.8. The van der Waals surface area contributed by atoms with Crippen LogP contribution in [-0.4, -0.2) is 76.5 Å². The van der Waals surface area contributed by atoms with Crippen LogP contribution in [0.4, 0.5) is 0 Å². The third-order valence-electron chi connectivity index (χ3n) is 6.08. The maximum atomic E-state index is 13.3. The summed E-state index contributed by atoms with van der Waals surface area (Å²) >= 11 is 1.55. The van der Waals surface area contributed by atoms with Crippen LogP contribution in [0.5, 0.6) is 0 Å². The fraction of sp³-hybridized carbons (Fsp3) is 0.500. The van der Waals surface area contributed by atoms with Crippen LogP contribution in [0.25, 0.3) is 10.9 Å². The number of carboxylic acid groups (broad SMARTS) is 1. The monoisotopic (exact) mass is 503 g/mol. The number of carboxylic acids is 1. The first kappa shape index (κ1) is 26.6. The van der Waals surface area contributed by atoms with E-state index < -0.39 is 35.9 Å². The van der Waals surface area contributed by atoms with Crippen LogP contribution < -0.4 is 21.3 Å². The van der Waals surface area contributed by atoms with Gasteiger partial charge in [0.1, 0.15) is 18.1 Å². The molecule has 35 heavy (non-hydrogen) atoms. The van der Waals surface area contributed by atoms with Crippen molar-refractivity contribution in [2.45, 2.75) is 56.8 Å². The lowest BCUT2D eigenvalue weighted by Crippen LogP contribution is -2.57. The SMILES string of the molecule is CSCCC(NC(=O)C1CCCN1)C(=O)NC(Cc1c[nH]c2ccccc12)C(=O)NC(C)C(=O)O. The minimum Gasteiger partial charge on any atom is -0.480 e. The van der Waals surface area contributed by atoms with Gasteiger partial charge in [-0.1, -0.05) is 18.2 Å². The average molecular weight is 504 g/mol. The third kappa shape index (κ3) is 7.22. The lowest BCUT2D eigenvalue weighted by atomic mass is 10.0. The second kappa shape index (κ2) is 12.6. The number of aliphatic carboxylic acids is 1. The molecule has 4 unspecified atom stereocenters. The van der Waals surface area contributed by atoms with Gasteiger partial charge in [-0.25, -0.2) is 0 Å². The number of nitrogens with one attached hydrogen (secondary N) is 5. The van der Waals surface area contributed by atoms with E-state index in [0.29, 0.717) is 18.6 Å². The molecule has 6 N–H and O–H groups in total. The molecule has 0 radical (unpaired) electrons. The van der Waals surface area contributed by atoms with E-state index in [4.69, 9.17) is 0 Å². The number of para-hydroxylation sites is 1. The number of fused-ring (bicyclic) bond motifs is 1. The van der Waals surface area contributed by atoms with Crippen molar-refractivity contribution < 1.29 is 24.3 Å². The van der Waals surface area contributed by atoms with E-state index in [1.807, 2.05) is 30.5 Å². The minimum absolute atomic E-state index is 0.154. The highest BCUT2D eigenvalue weighted by molar-refractivity contribution is 7.98. The van der Waals surface area contributed by atoms with Gasteiger partial charge in [0, 0.05) is 23.5 Å². The van der Waals surface area contributed by atoms with Gasteiger partial charge in [-0.15, -0.1) is 0 Å². The van der Waals surface area contributed by atoms with Gasteiger partial charge >= 0.3 is 5.97 Å². The van der Waals surface area contributed by atoms with Crippen molar-refractivity contribution in [2.75, 3.05) is 18.6 Å². The summed E-state index contributed by atoms with van der Waals surface area (Å²) in [7, 11) is 0. The van der Waals surface area contributed by atoms with Gasteiger partial charge in [0.05, 0.1) is 6.04 Å². The molecule has 3 amide bonds. The highest BCUT2D eigenvalue weighted by Gasteiger charge is 2.31. The molecule has 2 aromatic rings. The maximum absolute atomic E-state index is 13.3. The van der Waals surface area contributed by atoms with Crippen molar-refractivity contribution in [1.29, 1.82) is 0 Å². The average Bonchev–Trinajstić information content (AvgIpc) is 3.51. The van der Waals surface area contributed by atoms with Crippen molar-refractivity contribution in [3.05, 3.63) is 36.0 Å². The molecule has 1 aromatic heterocycles. The third-order valence-corrected chi connectivity index (χ3v) is 6.73. The fourth-order valence-electron chi connectivity index (χ4n) is 4.06. The van der Waals surface area contributed by atoms with Gasteiger partial charge in [0.15, 0.2) is 0 Å². The Morgan fingerprint density at radius 1 is 1.11 bits per heavy atom. The van der Waals surface area contributed by atoms with Crippen LogP contribution in [0.2, 0.25) is 0 Å². The second-order valence-electron chi connectivity index (χ2n) is 8.68. The van der Waals surface area contributed by atoms with E-state index >= 15 is 0 Å². The fourth-order valence-corrected chi connectivity index (χ4v) is 4.53. The number of carbonyl (C=O) groups excluding carboxylic acids is 3. The number of aromatic amines is 1. The van der Waals surface area contributed by atoms with Gasteiger partial charge in [-0.2, -0.15) is 11.8 Å². The summed E-state index contributed by atoms with van der Waals surface area (Å²) in [5.41, 5.74) is 1.70. The summed E-state index contributed by atoms with van der Waals surface area (Å²) in [6.07, 6.45) is 5.85. The summed E-state index contributed by atoms with van der Waals surface area (Å²) in [5, 5.41) is 21.3. The summed E-state index contributed by atoms with van der Waals surface area (Å²) < 4.78 is 0. The molecule has 0 spiro atoms. The van der Waals surface area contributed by atoms with Crippen molar-refractivity contribution >= 4 is 46.4 Å². The van der Waals surface area contributed by atoms with E-state index in [9.17, 15) is 24.3 Å². The molecule has 0 saturated carbocycles. The van der Waals surface area contributed by atoms with Crippen molar-refractivity contribution in [3.63, 3.8) is 0 Å². The summed E-state index contributed by atoms with van der Waals surface area (Å²) in [6.45, 7) is 2.12. The Bertz CT molecular complexity index is 1050. The molecule has 1 aliphatic rings. The first-order valence-electron chi connectivity index (χ1n) is 11.7. The van der Waals surface area contributed by atoms with Crippen LogP contribution in [0.15, 0.2) is 30.5 Å². The van der Waals surface area contributed by atoms with Gasteiger partial charge in [-0.3, -0.25) is 19.2 Å². The molecule has 1 aliphatic heterocycles. The van der Waals surface area contributed by atoms with Crippen LogP contribution in [0.3, 0.4) is 0 Å². The number of benzene rings is 1. The Morgan fingerprint density at radius 3 is 2.54 bits per heavy atom. The summed E-state index contributed by atoms with van der Waals surface area (Å²) in [4.78, 5) is 53.4. The Hall–Kier alpha value is -3.05. The van der Waals surface area contributed by atoms with Gasteiger partial charge in [0.25, 0.3) is 0 Å². The van der Waals surface area contributed by atoms with Gasteiger partial charge in [-0.05, 0) is 56.4 Å². The molecule has 1 saturated heterocycles. The zero-order valence-corrected chi connectivity index (χ0v) is 20.7. The van der Waals surface area contributed by atoms with Crippen molar-refractivity contribution in [2.24, 2.45) is 0 Å². The standard InChI is InChI=1S/C24H33N5O5S/c1-14(24(33)34)27-23(32)20(12-15-13-26-17-7-4-3-6-16(15)17)29-22(31)19(9-11-35-2)28-21(30)18-8-5-10-25-18/h3-4,6-7,13-14,18-20,25-26H,5,8-12H2,1-2H3,(H,27,32)(H,28,30)(H,29,31)(H,33,34). The number of thioether (sulfide) groups is 1. The highest BCUT2D eigenvalue weighted by Crippen LogP contribution is 2.19. The van der Waals surface area contributed by atoms with Crippen LogP contribution in [0.1, 0.15) is 31.7 Å². The second-order valence-corrected chi connectivity index (χ2v) is 9.67. The zero-order chi connectivity index (χ0) is 25.4. The van der Waals surface area contributed by atoms with E-state index in [-0.39, 0.29) is 18.4 Å². The molecular weight excluding hydrogens is 470 g/mol. The maximum Gasteiger partial charge on any atom is 0.325 e. The minimum atomic E-state index is -1.18. The number of carbonyl (C=O) groups is 4. The normalized spacial score (nSPS) is 17.9. The van der Waals surface area contributed by atoms with Crippen LogP contribution in [0, 0.1) is 0 Å². The lowest BCUT2D eigenvalue weighted by molar-refractivity contribution is -0.141. The number of H-pyrrole nitrogens is 1. The lowest BCUT2D eigenvalue weighted by Gasteiger charge is -2.24. The summed E-state index contributed by atoms with van der Waals surface area (Å²) in [5.74, 6) is -1.85. The molecule has 3 rings (SSSR count). The van der Waals surface area contributed by atoms with E-state index in [1.165, 1.54) is 6.92 Å². The Labute approximate surface area is 208 Å². The Balaban J connectivity index is 1.78. The number of hydrogen-bond acceptors (Lipinski definition) is 6. The quantitative estimate of drug-likeness (QED) is 0.250. The zero-order valence-electron chi connectivity index (χ0n) is 19.9. The molecule has 10 nitrogen and oxygen atoms in total. The predicted octanol–water partition coefficient (Wildman–Crippen LogP) is 0.774. The summed E-state index contributed by atoms with van der Waals surface area (Å²) in [6, 6.07) is 4.30. The largest absolute Gasteiger partial charge is 0.480 e. The molecule has 2 heterocycles. The van der Waals surface area contributed by atoms with Gasteiger partial charge in [0.2, 0.25) is 17.7 Å². The Kier molecular flexibility index (Phi) is 9.55. The topological polar surface area (TPSA) is 152 Å². The molecule has 1 aromatic carbocycles. The molecule has 0 aliphatic carbocycles. The predicted molar refractivity (Wildman–Crippen MR) is 135 cm³/mol. The first-order valence-corrected chi connectivity index (χ1v) is 13.1. The van der Waals surface area contributed by atoms with Crippen molar-refractivity contribution in [1.82, 2.24) is 26.3 Å². The molecule has 1 fully saturated rings. The molecule has 0 bridgehead atoms. The Morgan fingerprint density at radius 2 is 1.86 bits per heavy atom. The molecule has 190 valence electrons. The number of hydrogen-bond donors (Lipinski definition) is 6. The molecule has 11 heteroatoms. The smallest absolute Gasteiger partial charge is 0.325 e. The van der Waals surface area contributed by atoms with Crippen LogP contribution in [-0.2, 0) is 25.6 Å². The number of amides is 3. The van der Waals surface area contributed by atoms with Crippen molar-refractivity contribution in [3.8, 4) is 0 Å². The molecule has 4 atom stereocenters. The van der Waals surface area contributed by atoms with E-state index in [1.54, 1.807) is 18.0 Å². The van der Waals surface area contributed by atoms with E-state index in [0.717, 1.165) is 29.4 Å².